The summed E-state index contributed by atoms with van der Waals surface area (Å²) in [6, 6.07) is 6.30. The second kappa shape index (κ2) is 7.62. The number of ether oxygens (including phenoxy) is 1. The lowest BCUT2D eigenvalue weighted by molar-refractivity contribution is -0.108. The standard InChI is InChI=1S/C15H16ClN5O3/c1-24-14-8-20(4-5-22)15(23)7-12(14)11-6-10(16)2-3-13(11)21(18)9-19-17/h2-3,5-9H,4,17-18H2,1H3/b19-9-. The number of hydrazine groups is 1. The van der Waals surface area contributed by atoms with Crippen LogP contribution in [0.15, 0.2) is 40.4 Å². The molecule has 24 heavy (non-hydrogen) atoms. The summed E-state index contributed by atoms with van der Waals surface area (Å²) in [6.07, 6.45) is 3.30. The minimum atomic E-state index is -0.361. The molecule has 0 aliphatic carbocycles. The van der Waals surface area contributed by atoms with Crippen LogP contribution >= 0.6 is 11.6 Å². The molecular formula is C15H16ClN5O3. The molecule has 0 atom stereocenters. The summed E-state index contributed by atoms with van der Waals surface area (Å²) in [5.41, 5.74) is 1.18. The van der Waals surface area contributed by atoms with Crippen molar-refractivity contribution in [2.45, 2.75) is 6.54 Å². The average Bonchev–Trinajstić information content (AvgIpc) is 2.56. The Bertz CT molecular complexity index is 834. The van der Waals surface area contributed by atoms with Crippen molar-refractivity contribution in [3.8, 4) is 16.9 Å². The number of nitrogens with zero attached hydrogens (tertiary/aromatic N) is 3. The third kappa shape index (κ3) is 3.55. The second-order valence-corrected chi connectivity index (χ2v) is 5.18. The Hall–Kier alpha value is -2.84. The van der Waals surface area contributed by atoms with Crippen molar-refractivity contribution in [3.05, 3.63) is 45.8 Å². The van der Waals surface area contributed by atoms with Crippen LogP contribution in [0, 0.1) is 0 Å². The molecule has 2 aromatic rings. The van der Waals surface area contributed by atoms with Crippen LogP contribution < -0.4 is 27.0 Å². The van der Waals surface area contributed by atoms with Gasteiger partial charge in [0.1, 0.15) is 18.4 Å². The quantitative estimate of drug-likeness (QED) is 0.264. The van der Waals surface area contributed by atoms with E-state index in [4.69, 9.17) is 28.0 Å². The maximum Gasteiger partial charge on any atom is 0.251 e. The Labute approximate surface area is 142 Å². The van der Waals surface area contributed by atoms with Gasteiger partial charge in [-0.25, -0.2) is 5.84 Å². The molecule has 0 spiro atoms. The van der Waals surface area contributed by atoms with Crippen LogP contribution in [0.4, 0.5) is 5.69 Å². The zero-order valence-corrected chi connectivity index (χ0v) is 13.6. The van der Waals surface area contributed by atoms with E-state index >= 15 is 0 Å². The highest BCUT2D eigenvalue weighted by atomic mass is 35.5. The molecular weight excluding hydrogens is 334 g/mol. The van der Waals surface area contributed by atoms with E-state index in [0.717, 1.165) is 0 Å². The number of rotatable bonds is 6. The number of anilines is 1. The molecule has 0 saturated carbocycles. The van der Waals surface area contributed by atoms with Gasteiger partial charge in [-0.3, -0.25) is 9.80 Å². The molecule has 0 fully saturated rings. The van der Waals surface area contributed by atoms with Gasteiger partial charge in [-0.05, 0) is 18.2 Å². The molecule has 126 valence electrons. The monoisotopic (exact) mass is 349 g/mol. The molecule has 0 saturated heterocycles. The van der Waals surface area contributed by atoms with Crippen molar-refractivity contribution in [1.82, 2.24) is 4.57 Å². The number of carbonyl (C=O) groups is 1. The number of carbonyl (C=O) groups excluding carboxylic acids is 1. The van der Waals surface area contributed by atoms with Crippen LogP contribution in [0.1, 0.15) is 0 Å². The Morgan fingerprint density at radius 2 is 2.12 bits per heavy atom. The smallest absolute Gasteiger partial charge is 0.251 e. The molecule has 0 aliphatic rings. The van der Waals surface area contributed by atoms with Crippen LogP contribution in [0.3, 0.4) is 0 Å². The lowest BCUT2D eigenvalue weighted by atomic mass is 10.0. The maximum absolute atomic E-state index is 12.2. The van der Waals surface area contributed by atoms with Gasteiger partial charge in [0.2, 0.25) is 0 Å². The normalized spacial score (nSPS) is 10.8. The van der Waals surface area contributed by atoms with Gasteiger partial charge in [-0.2, -0.15) is 5.10 Å². The topological polar surface area (TPSA) is 116 Å². The summed E-state index contributed by atoms with van der Waals surface area (Å²) in [5, 5.41) is 5.02. The molecule has 0 bridgehead atoms. The average molecular weight is 350 g/mol. The minimum Gasteiger partial charge on any atom is -0.495 e. The molecule has 4 N–H and O–H groups in total. The molecule has 1 aromatic carbocycles. The Morgan fingerprint density at radius 3 is 2.75 bits per heavy atom. The summed E-state index contributed by atoms with van der Waals surface area (Å²) >= 11 is 6.08. The fourth-order valence-electron chi connectivity index (χ4n) is 2.23. The summed E-state index contributed by atoms with van der Waals surface area (Å²) in [5.74, 6) is 11.4. The van der Waals surface area contributed by atoms with Crippen molar-refractivity contribution in [2.24, 2.45) is 16.8 Å². The Balaban J connectivity index is 2.71. The molecule has 8 nitrogen and oxygen atoms in total. The van der Waals surface area contributed by atoms with E-state index in [9.17, 15) is 9.59 Å². The van der Waals surface area contributed by atoms with E-state index in [2.05, 4.69) is 5.10 Å². The predicted molar refractivity (Wildman–Crippen MR) is 93.1 cm³/mol. The number of hydrogen-bond acceptors (Lipinski definition) is 6. The van der Waals surface area contributed by atoms with Crippen molar-refractivity contribution >= 4 is 29.9 Å². The highest BCUT2D eigenvalue weighted by Gasteiger charge is 2.16. The van der Waals surface area contributed by atoms with Gasteiger partial charge in [-0.15, -0.1) is 0 Å². The molecule has 1 aromatic heterocycles. The van der Waals surface area contributed by atoms with Crippen molar-refractivity contribution < 1.29 is 9.53 Å². The number of hydrazone groups is 1. The SMILES string of the molecule is COc1cn(CC=O)c(=O)cc1-c1cc(Cl)ccc1N(N)/C=N\N. The van der Waals surface area contributed by atoms with Gasteiger partial charge in [-0.1, -0.05) is 11.6 Å². The van der Waals surface area contributed by atoms with Crippen LogP contribution in [0.2, 0.25) is 5.02 Å². The minimum absolute atomic E-state index is 0.0687. The zero-order chi connectivity index (χ0) is 17.7. The fourth-order valence-corrected chi connectivity index (χ4v) is 2.40. The zero-order valence-electron chi connectivity index (χ0n) is 12.8. The number of aldehydes is 1. The van der Waals surface area contributed by atoms with Crippen LogP contribution in [-0.4, -0.2) is 24.3 Å². The first-order valence-electron chi connectivity index (χ1n) is 6.81. The van der Waals surface area contributed by atoms with Gasteiger partial charge < -0.3 is 19.9 Å². The number of benzene rings is 1. The highest BCUT2D eigenvalue weighted by molar-refractivity contribution is 6.31. The molecule has 0 amide bonds. The summed E-state index contributed by atoms with van der Waals surface area (Å²) in [6.45, 7) is -0.0687. The van der Waals surface area contributed by atoms with E-state index in [0.29, 0.717) is 33.9 Å². The van der Waals surface area contributed by atoms with Crippen molar-refractivity contribution in [2.75, 3.05) is 12.1 Å². The highest BCUT2D eigenvalue weighted by Crippen LogP contribution is 2.36. The number of aromatic nitrogens is 1. The lowest BCUT2D eigenvalue weighted by Gasteiger charge is -2.19. The number of nitrogens with two attached hydrogens (primary N) is 2. The van der Waals surface area contributed by atoms with E-state index in [1.165, 1.54) is 35.3 Å². The number of methoxy groups -OCH3 is 1. The predicted octanol–water partition coefficient (Wildman–Crippen LogP) is 0.958. The number of halogens is 1. The molecule has 2 rings (SSSR count). The first kappa shape index (κ1) is 17.5. The van der Waals surface area contributed by atoms with Crippen LogP contribution in [0.5, 0.6) is 5.75 Å². The van der Waals surface area contributed by atoms with Gasteiger partial charge in [0, 0.05) is 22.2 Å². The van der Waals surface area contributed by atoms with Crippen molar-refractivity contribution in [3.63, 3.8) is 0 Å². The first-order chi connectivity index (χ1) is 11.5. The molecule has 0 aliphatic heterocycles. The van der Waals surface area contributed by atoms with Gasteiger partial charge in [0.15, 0.2) is 0 Å². The number of pyridine rings is 1. The fraction of sp³-hybridized carbons (Fsp3) is 0.133. The lowest BCUT2D eigenvalue weighted by Crippen LogP contribution is -2.30. The second-order valence-electron chi connectivity index (χ2n) is 4.75. The third-order valence-electron chi connectivity index (χ3n) is 3.30. The van der Waals surface area contributed by atoms with Gasteiger partial charge >= 0.3 is 0 Å². The molecule has 0 radical (unpaired) electrons. The molecule has 1 heterocycles. The van der Waals surface area contributed by atoms with Crippen LogP contribution in [-0.2, 0) is 11.3 Å². The third-order valence-corrected chi connectivity index (χ3v) is 3.53. The molecule has 9 heteroatoms. The first-order valence-corrected chi connectivity index (χ1v) is 7.19. The van der Waals surface area contributed by atoms with E-state index in [1.54, 1.807) is 18.2 Å². The Morgan fingerprint density at radius 1 is 1.38 bits per heavy atom. The maximum atomic E-state index is 12.2. The van der Waals surface area contributed by atoms with Crippen molar-refractivity contribution in [1.29, 1.82) is 0 Å². The largest absolute Gasteiger partial charge is 0.495 e. The van der Waals surface area contributed by atoms with E-state index in [-0.39, 0.29) is 12.1 Å². The summed E-state index contributed by atoms with van der Waals surface area (Å²) in [4.78, 5) is 22.9. The molecule has 0 unspecified atom stereocenters. The van der Waals surface area contributed by atoms with E-state index in [1.807, 2.05) is 0 Å². The number of hydrogen-bond donors (Lipinski definition) is 2. The Kier molecular flexibility index (Phi) is 5.56. The summed E-state index contributed by atoms with van der Waals surface area (Å²) in [7, 11) is 1.46. The van der Waals surface area contributed by atoms with E-state index < -0.39 is 0 Å². The van der Waals surface area contributed by atoms with Crippen LogP contribution in [0.25, 0.3) is 11.1 Å². The van der Waals surface area contributed by atoms with Gasteiger partial charge in [0.05, 0.1) is 25.5 Å². The summed E-state index contributed by atoms with van der Waals surface area (Å²) < 4.78 is 6.58. The van der Waals surface area contributed by atoms with Gasteiger partial charge in [0.25, 0.3) is 5.56 Å².